The van der Waals surface area contributed by atoms with E-state index in [2.05, 4.69) is 15.2 Å². The van der Waals surface area contributed by atoms with Crippen molar-refractivity contribution in [1.29, 1.82) is 0 Å². The third-order valence-electron chi connectivity index (χ3n) is 3.71. The van der Waals surface area contributed by atoms with Gasteiger partial charge in [0.15, 0.2) is 0 Å². The minimum Gasteiger partial charge on any atom is -0.345 e. The van der Waals surface area contributed by atoms with E-state index in [0.29, 0.717) is 5.82 Å². The number of H-pyrrole nitrogens is 2. The molecule has 3 heterocycles. The Balaban J connectivity index is 2.00. The van der Waals surface area contributed by atoms with Gasteiger partial charge in [-0.05, 0) is 25.7 Å². The van der Waals surface area contributed by atoms with Crippen molar-refractivity contribution in [2.45, 2.75) is 43.8 Å². The molecule has 1 aromatic heterocycles. The maximum Gasteiger partial charge on any atom is 0.342 e. The summed E-state index contributed by atoms with van der Waals surface area (Å²) < 4.78 is 0. The van der Waals surface area contributed by atoms with Crippen LogP contribution in [0.4, 0.5) is 5.82 Å². The molecule has 2 saturated heterocycles. The first-order valence-electron chi connectivity index (χ1n) is 5.88. The second-order valence-corrected chi connectivity index (χ2v) is 4.85. The van der Waals surface area contributed by atoms with E-state index in [-0.39, 0.29) is 18.1 Å². The van der Waals surface area contributed by atoms with Gasteiger partial charge in [-0.1, -0.05) is 0 Å². The third-order valence-corrected chi connectivity index (χ3v) is 3.71. The Bertz CT molecular complexity index is 522. The Labute approximate surface area is 97.0 Å². The van der Waals surface area contributed by atoms with Crippen LogP contribution in [-0.4, -0.2) is 33.3 Å². The van der Waals surface area contributed by atoms with Gasteiger partial charge in [-0.3, -0.25) is 9.78 Å². The van der Waals surface area contributed by atoms with Crippen molar-refractivity contribution in [2.75, 3.05) is 4.90 Å². The molecule has 92 valence electrons. The molecule has 0 radical (unpaired) electrons. The fraction of sp³-hybridized carbons (Fsp3) is 0.700. The van der Waals surface area contributed by atoms with Crippen molar-refractivity contribution < 1.29 is 0 Å². The highest BCUT2D eigenvalue weighted by Gasteiger charge is 2.41. The van der Waals surface area contributed by atoms with Gasteiger partial charge in [-0.25, -0.2) is 9.89 Å². The lowest BCUT2D eigenvalue weighted by Crippen LogP contribution is -2.50. The fourth-order valence-corrected chi connectivity index (χ4v) is 3.08. The minimum absolute atomic E-state index is 0.214. The number of aromatic nitrogens is 3. The molecule has 4 N–H and O–H groups in total. The van der Waals surface area contributed by atoms with E-state index >= 15 is 0 Å². The molecular formula is C10H15N5O2. The fourth-order valence-electron chi connectivity index (χ4n) is 3.08. The zero-order valence-corrected chi connectivity index (χ0v) is 9.35. The first kappa shape index (κ1) is 10.5. The van der Waals surface area contributed by atoms with Gasteiger partial charge < -0.3 is 10.6 Å². The zero-order chi connectivity index (χ0) is 12.0. The normalized spacial score (nSPS) is 31.8. The summed E-state index contributed by atoms with van der Waals surface area (Å²) in [6, 6.07) is 0.775. The number of hydrogen-bond acceptors (Lipinski definition) is 5. The molecule has 0 amide bonds. The summed E-state index contributed by atoms with van der Waals surface area (Å²) in [7, 11) is 0. The van der Waals surface area contributed by atoms with E-state index in [9.17, 15) is 9.59 Å². The van der Waals surface area contributed by atoms with E-state index in [4.69, 9.17) is 5.73 Å². The van der Waals surface area contributed by atoms with Crippen molar-refractivity contribution in [2.24, 2.45) is 5.73 Å². The van der Waals surface area contributed by atoms with Gasteiger partial charge in [0, 0.05) is 18.1 Å². The standard InChI is InChI=1S/C10H15N5O2/c11-5-3-6-1-2-7(4-5)15(6)8-9(16)12-10(17)14-13-8/h5-7H,1-4,11H2,(H2,12,14,16,17). The molecule has 0 aromatic carbocycles. The monoisotopic (exact) mass is 237 g/mol. The molecule has 2 bridgehead atoms. The topological polar surface area (TPSA) is 108 Å². The van der Waals surface area contributed by atoms with Crippen LogP contribution >= 0.6 is 0 Å². The van der Waals surface area contributed by atoms with Crippen LogP contribution in [0.15, 0.2) is 9.59 Å². The van der Waals surface area contributed by atoms with Crippen molar-refractivity contribution in [1.82, 2.24) is 15.2 Å². The van der Waals surface area contributed by atoms with Gasteiger partial charge in [0.1, 0.15) is 0 Å². The molecule has 0 spiro atoms. The highest BCUT2D eigenvalue weighted by atomic mass is 16.2. The SMILES string of the molecule is NC1CC2CCC(C1)N2c1n[nH]c(=O)[nH]c1=O. The van der Waals surface area contributed by atoms with Gasteiger partial charge in [-0.2, -0.15) is 0 Å². The van der Waals surface area contributed by atoms with Gasteiger partial charge in [0.25, 0.3) is 5.56 Å². The van der Waals surface area contributed by atoms with E-state index in [0.717, 1.165) is 25.7 Å². The quantitative estimate of drug-likeness (QED) is 0.575. The number of fused-ring (bicyclic) bond motifs is 2. The van der Waals surface area contributed by atoms with E-state index < -0.39 is 11.2 Å². The number of anilines is 1. The largest absolute Gasteiger partial charge is 0.345 e. The Hall–Kier alpha value is -1.63. The second kappa shape index (κ2) is 3.69. The van der Waals surface area contributed by atoms with Gasteiger partial charge in [-0.15, -0.1) is 5.10 Å². The number of hydrogen-bond donors (Lipinski definition) is 3. The molecule has 0 saturated carbocycles. The van der Waals surface area contributed by atoms with Gasteiger partial charge in [0.2, 0.25) is 5.82 Å². The Morgan fingerprint density at radius 2 is 1.88 bits per heavy atom. The predicted molar refractivity (Wildman–Crippen MR) is 62.0 cm³/mol. The summed E-state index contributed by atoms with van der Waals surface area (Å²) in [4.78, 5) is 26.9. The molecule has 17 heavy (non-hydrogen) atoms. The number of nitrogens with zero attached hydrogens (tertiary/aromatic N) is 2. The van der Waals surface area contributed by atoms with Crippen LogP contribution in [0.3, 0.4) is 0 Å². The van der Waals surface area contributed by atoms with Crippen LogP contribution in [0.5, 0.6) is 0 Å². The Morgan fingerprint density at radius 3 is 2.47 bits per heavy atom. The molecule has 3 rings (SSSR count). The average Bonchev–Trinajstić information content (AvgIpc) is 2.53. The van der Waals surface area contributed by atoms with Crippen LogP contribution in [-0.2, 0) is 0 Å². The van der Waals surface area contributed by atoms with Crippen molar-refractivity contribution in [3.05, 3.63) is 20.8 Å². The lowest BCUT2D eigenvalue weighted by Gasteiger charge is -2.37. The van der Waals surface area contributed by atoms with Crippen LogP contribution in [0.1, 0.15) is 25.7 Å². The maximum atomic E-state index is 11.7. The summed E-state index contributed by atoms with van der Waals surface area (Å²) in [5, 5.41) is 6.16. The molecule has 1 aromatic rings. The highest BCUT2D eigenvalue weighted by molar-refractivity contribution is 5.41. The third kappa shape index (κ3) is 1.66. The number of nitrogens with one attached hydrogen (secondary N) is 2. The Kier molecular flexibility index (Phi) is 2.29. The van der Waals surface area contributed by atoms with Gasteiger partial charge in [0.05, 0.1) is 0 Å². The lowest BCUT2D eigenvalue weighted by atomic mass is 9.98. The molecule has 2 fully saturated rings. The second-order valence-electron chi connectivity index (χ2n) is 4.85. The lowest BCUT2D eigenvalue weighted by molar-refractivity contribution is 0.409. The molecule has 2 aliphatic heterocycles. The maximum absolute atomic E-state index is 11.7. The zero-order valence-electron chi connectivity index (χ0n) is 9.35. The highest BCUT2D eigenvalue weighted by Crippen LogP contribution is 2.36. The van der Waals surface area contributed by atoms with E-state index in [1.807, 2.05) is 4.90 Å². The van der Waals surface area contributed by atoms with Crippen LogP contribution < -0.4 is 21.9 Å². The van der Waals surface area contributed by atoms with Gasteiger partial charge >= 0.3 is 5.69 Å². The molecule has 2 unspecified atom stereocenters. The summed E-state index contributed by atoms with van der Waals surface area (Å²) in [5.74, 6) is 0.323. The summed E-state index contributed by atoms with van der Waals surface area (Å²) in [6.07, 6.45) is 3.85. The van der Waals surface area contributed by atoms with Crippen molar-refractivity contribution in [3.8, 4) is 0 Å². The average molecular weight is 237 g/mol. The van der Waals surface area contributed by atoms with E-state index in [1.54, 1.807) is 0 Å². The number of rotatable bonds is 1. The van der Waals surface area contributed by atoms with Crippen molar-refractivity contribution >= 4 is 5.82 Å². The van der Waals surface area contributed by atoms with Crippen LogP contribution in [0, 0.1) is 0 Å². The molecule has 7 nitrogen and oxygen atoms in total. The predicted octanol–water partition coefficient (Wildman–Crippen LogP) is -1.08. The first-order valence-corrected chi connectivity index (χ1v) is 5.88. The number of nitrogens with two attached hydrogens (primary N) is 1. The summed E-state index contributed by atoms with van der Waals surface area (Å²) >= 11 is 0. The summed E-state index contributed by atoms with van der Waals surface area (Å²) in [6.45, 7) is 0. The number of aromatic amines is 2. The minimum atomic E-state index is -0.570. The molecule has 2 atom stereocenters. The smallest absolute Gasteiger partial charge is 0.342 e. The molecule has 0 aliphatic carbocycles. The Morgan fingerprint density at radius 1 is 1.24 bits per heavy atom. The first-order chi connectivity index (χ1) is 8.15. The molecule has 2 aliphatic rings. The van der Waals surface area contributed by atoms with Crippen LogP contribution in [0.25, 0.3) is 0 Å². The summed E-state index contributed by atoms with van der Waals surface area (Å²) in [5.41, 5.74) is 4.98. The molecular weight excluding hydrogens is 222 g/mol. The number of piperidine rings is 1. The van der Waals surface area contributed by atoms with Crippen molar-refractivity contribution in [3.63, 3.8) is 0 Å². The molecule has 7 heteroatoms. The van der Waals surface area contributed by atoms with Crippen LogP contribution in [0.2, 0.25) is 0 Å². The van der Waals surface area contributed by atoms with E-state index in [1.165, 1.54) is 0 Å².